The van der Waals surface area contributed by atoms with Crippen molar-refractivity contribution in [1.82, 2.24) is 0 Å². The number of halogens is 1. The number of cyclic esters (lactones) is 1. The van der Waals surface area contributed by atoms with E-state index in [1.165, 1.54) is 0 Å². The number of aryl methyl sites for hydroxylation is 1. The van der Waals surface area contributed by atoms with Gasteiger partial charge in [0.25, 0.3) is 0 Å². The number of hydrogen-bond donors (Lipinski definition) is 1. The Bertz CT molecular complexity index is 451. The Balaban J connectivity index is 2.18. The summed E-state index contributed by atoms with van der Waals surface area (Å²) in [4.78, 5) is 13.5. The monoisotopic (exact) mass is 312 g/mol. The van der Waals surface area contributed by atoms with Crippen molar-refractivity contribution < 1.29 is 9.53 Å². The second kappa shape index (κ2) is 5.71. The minimum Gasteiger partial charge on any atom is -0.449 e. The fourth-order valence-corrected chi connectivity index (χ4v) is 2.32. The SMILES string of the molecule is Cc1cc(N2CC(CCN)COC2=O)ccc1Br. The molecule has 0 bridgehead atoms. The quantitative estimate of drug-likeness (QED) is 0.933. The molecule has 4 nitrogen and oxygen atoms in total. The summed E-state index contributed by atoms with van der Waals surface area (Å²) in [5, 5.41) is 0. The predicted octanol–water partition coefficient (Wildman–Crippen LogP) is 2.68. The molecule has 1 atom stereocenters. The number of ether oxygens (including phenoxy) is 1. The number of benzene rings is 1. The van der Waals surface area contributed by atoms with E-state index in [1.54, 1.807) is 4.90 Å². The Morgan fingerprint density at radius 3 is 3.00 bits per heavy atom. The van der Waals surface area contributed by atoms with Gasteiger partial charge >= 0.3 is 6.09 Å². The first-order valence-electron chi connectivity index (χ1n) is 6.02. The van der Waals surface area contributed by atoms with Crippen molar-refractivity contribution in [2.75, 3.05) is 24.6 Å². The number of carbonyl (C=O) groups excluding carboxylic acids is 1. The van der Waals surface area contributed by atoms with Crippen molar-refractivity contribution >= 4 is 27.7 Å². The van der Waals surface area contributed by atoms with Crippen LogP contribution in [0, 0.1) is 12.8 Å². The average molecular weight is 313 g/mol. The van der Waals surface area contributed by atoms with Crippen molar-refractivity contribution in [2.45, 2.75) is 13.3 Å². The van der Waals surface area contributed by atoms with Gasteiger partial charge in [0, 0.05) is 22.6 Å². The van der Waals surface area contributed by atoms with E-state index in [9.17, 15) is 4.79 Å². The lowest BCUT2D eigenvalue weighted by Crippen LogP contribution is -2.43. The minimum absolute atomic E-state index is 0.273. The van der Waals surface area contributed by atoms with Gasteiger partial charge in [-0.15, -0.1) is 0 Å². The van der Waals surface area contributed by atoms with Gasteiger partial charge in [-0.05, 0) is 43.7 Å². The summed E-state index contributed by atoms with van der Waals surface area (Å²) in [5.74, 6) is 0.316. The van der Waals surface area contributed by atoms with E-state index in [4.69, 9.17) is 10.5 Å². The summed E-state index contributed by atoms with van der Waals surface area (Å²) in [6.07, 6.45) is 0.601. The van der Waals surface area contributed by atoms with Crippen LogP contribution < -0.4 is 10.6 Å². The molecule has 1 fully saturated rings. The summed E-state index contributed by atoms with van der Waals surface area (Å²) in [7, 11) is 0. The van der Waals surface area contributed by atoms with Gasteiger partial charge in [-0.1, -0.05) is 15.9 Å². The van der Waals surface area contributed by atoms with E-state index in [0.717, 1.165) is 22.1 Å². The van der Waals surface area contributed by atoms with Gasteiger partial charge in [0.2, 0.25) is 0 Å². The Morgan fingerprint density at radius 1 is 1.56 bits per heavy atom. The third-order valence-electron chi connectivity index (χ3n) is 3.13. The molecule has 1 aromatic rings. The second-order valence-corrected chi connectivity index (χ2v) is 5.42. The molecule has 1 aliphatic rings. The Kier molecular flexibility index (Phi) is 4.24. The fraction of sp³-hybridized carbons (Fsp3) is 0.462. The van der Waals surface area contributed by atoms with Crippen LogP contribution >= 0.6 is 15.9 Å². The highest BCUT2D eigenvalue weighted by atomic mass is 79.9. The third-order valence-corrected chi connectivity index (χ3v) is 4.02. The summed E-state index contributed by atoms with van der Waals surface area (Å²) < 4.78 is 6.24. The third kappa shape index (κ3) is 2.84. The fourth-order valence-electron chi connectivity index (χ4n) is 2.07. The summed E-state index contributed by atoms with van der Waals surface area (Å²) in [6.45, 7) is 3.77. The molecule has 1 aliphatic heterocycles. The molecule has 2 rings (SSSR count). The molecule has 1 saturated heterocycles. The zero-order chi connectivity index (χ0) is 13.1. The number of nitrogens with two attached hydrogens (primary N) is 1. The summed E-state index contributed by atoms with van der Waals surface area (Å²) in [6, 6.07) is 5.85. The Morgan fingerprint density at radius 2 is 2.33 bits per heavy atom. The van der Waals surface area contributed by atoms with Gasteiger partial charge in [0.05, 0.1) is 6.61 Å². The van der Waals surface area contributed by atoms with Crippen LogP contribution in [0.4, 0.5) is 10.5 Å². The largest absolute Gasteiger partial charge is 0.449 e. The molecular formula is C13H17BrN2O2. The Hall–Kier alpha value is -1.07. The highest BCUT2D eigenvalue weighted by Crippen LogP contribution is 2.26. The van der Waals surface area contributed by atoms with E-state index >= 15 is 0 Å². The normalized spacial score (nSPS) is 19.8. The first kappa shape index (κ1) is 13.4. The highest BCUT2D eigenvalue weighted by Gasteiger charge is 2.27. The Labute approximate surface area is 115 Å². The number of amides is 1. The molecule has 0 aliphatic carbocycles. The molecular weight excluding hydrogens is 296 g/mol. The molecule has 98 valence electrons. The van der Waals surface area contributed by atoms with Gasteiger partial charge in [0.1, 0.15) is 0 Å². The molecule has 1 aromatic carbocycles. The molecule has 1 unspecified atom stereocenters. The van der Waals surface area contributed by atoms with Gasteiger partial charge in [0.15, 0.2) is 0 Å². The summed E-state index contributed by atoms with van der Waals surface area (Å²) >= 11 is 3.45. The van der Waals surface area contributed by atoms with Gasteiger partial charge in [-0.25, -0.2) is 4.79 Å². The summed E-state index contributed by atoms with van der Waals surface area (Å²) in [5.41, 5.74) is 7.53. The first-order valence-corrected chi connectivity index (χ1v) is 6.81. The molecule has 5 heteroatoms. The standard InChI is InChI=1S/C13H17BrN2O2/c1-9-6-11(2-3-12(9)14)16-7-10(4-5-15)8-18-13(16)17/h2-3,6,10H,4-5,7-8,15H2,1H3. The van der Waals surface area contributed by atoms with Crippen LogP contribution in [0.1, 0.15) is 12.0 Å². The lowest BCUT2D eigenvalue weighted by molar-refractivity contribution is 0.113. The average Bonchev–Trinajstić information content (AvgIpc) is 2.35. The highest BCUT2D eigenvalue weighted by molar-refractivity contribution is 9.10. The maximum atomic E-state index is 11.8. The van der Waals surface area contributed by atoms with E-state index in [0.29, 0.717) is 25.6 Å². The molecule has 1 heterocycles. The van der Waals surface area contributed by atoms with Crippen molar-refractivity contribution in [3.63, 3.8) is 0 Å². The zero-order valence-corrected chi connectivity index (χ0v) is 11.9. The molecule has 0 radical (unpaired) electrons. The van der Waals surface area contributed by atoms with Crippen LogP contribution in [0.25, 0.3) is 0 Å². The number of rotatable bonds is 3. The zero-order valence-electron chi connectivity index (χ0n) is 10.4. The van der Waals surface area contributed by atoms with Crippen LogP contribution in [-0.4, -0.2) is 25.8 Å². The molecule has 0 spiro atoms. The molecule has 18 heavy (non-hydrogen) atoms. The van der Waals surface area contributed by atoms with Gasteiger partial charge in [-0.3, -0.25) is 4.90 Å². The smallest absolute Gasteiger partial charge is 0.414 e. The topological polar surface area (TPSA) is 55.6 Å². The van der Waals surface area contributed by atoms with Crippen LogP contribution in [0.15, 0.2) is 22.7 Å². The van der Waals surface area contributed by atoms with E-state index < -0.39 is 0 Å². The van der Waals surface area contributed by atoms with Gasteiger partial charge < -0.3 is 10.5 Å². The van der Waals surface area contributed by atoms with Crippen LogP contribution in [0.5, 0.6) is 0 Å². The number of hydrogen-bond acceptors (Lipinski definition) is 3. The lowest BCUT2D eigenvalue weighted by atomic mass is 10.0. The van der Waals surface area contributed by atoms with Crippen LogP contribution in [0.3, 0.4) is 0 Å². The van der Waals surface area contributed by atoms with Crippen molar-refractivity contribution in [3.8, 4) is 0 Å². The molecule has 0 aromatic heterocycles. The van der Waals surface area contributed by atoms with E-state index in [-0.39, 0.29) is 6.09 Å². The second-order valence-electron chi connectivity index (χ2n) is 4.56. The molecule has 2 N–H and O–H groups in total. The predicted molar refractivity (Wildman–Crippen MR) is 74.7 cm³/mol. The van der Waals surface area contributed by atoms with Crippen molar-refractivity contribution in [1.29, 1.82) is 0 Å². The van der Waals surface area contributed by atoms with Crippen LogP contribution in [-0.2, 0) is 4.74 Å². The van der Waals surface area contributed by atoms with Crippen LogP contribution in [0.2, 0.25) is 0 Å². The van der Waals surface area contributed by atoms with E-state index in [1.807, 2.05) is 25.1 Å². The molecule has 1 amide bonds. The number of carbonyl (C=O) groups is 1. The first-order chi connectivity index (χ1) is 8.61. The maximum Gasteiger partial charge on any atom is 0.414 e. The van der Waals surface area contributed by atoms with Gasteiger partial charge in [-0.2, -0.15) is 0 Å². The minimum atomic E-state index is -0.273. The number of anilines is 1. The maximum absolute atomic E-state index is 11.8. The number of nitrogens with zero attached hydrogens (tertiary/aromatic N) is 1. The van der Waals surface area contributed by atoms with Crippen molar-refractivity contribution in [3.05, 3.63) is 28.2 Å². The van der Waals surface area contributed by atoms with Crippen molar-refractivity contribution in [2.24, 2.45) is 11.7 Å². The molecule has 0 saturated carbocycles. The lowest BCUT2D eigenvalue weighted by Gasteiger charge is -2.32. The van der Waals surface area contributed by atoms with E-state index in [2.05, 4.69) is 15.9 Å².